The molecule has 1 fully saturated rings. The number of furan rings is 1. The average molecular weight is 538 g/mol. The predicted octanol–water partition coefficient (Wildman–Crippen LogP) is 6.52. The van der Waals surface area contributed by atoms with E-state index in [-0.39, 0.29) is 17.9 Å². The third kappa shape index (κ3) is 5.94. The molecular weight excluding hydrogens is 506 g/mol. The number of hydrogen-bond donors (Lipinski definition) is 1. The number of Topliss-reactive ketones (excluding diaryl/α,β-unsaturated/α-hetero) is 1. The summed E-state index contributed by atoms with van der Waals surface area (Å²) in [5, 5.41) is 11.3. The van der Waals surface area contributed by atoms with Crippen LogP contribution in [0, 0.1) is 5.92 Å². The summed E-state index contributed by atoms with van der Waals surface area (Å²) >= 11 is 0. The Balaban J connectivity index is 1.46. The number of nitrogens with zero attached hydrogens (tertiary/aromatic N) is 1. The summed E-state index contributed by atoms with van der Waals surface area (Å²) in [5.74, 6) is 0.501. The van der Waals surface area contributed by atoms with E-state index < -0.39 is 17.7 Å². The zero-order chi connectivity index (χ0) is 28.1. The van der Waals surface area contributed by atoms with Crippen LogP contribution in [0.2, 0.25) is 0 Å². The van der Waals surface area contributed by atoms with Crippen LogP contribution >= 0.6 is 0 Å². The van der Waals surface area contributed by atoms with Crippen LogP contribution in [0.5, 0.6) is 11.5 Å². The second-order valence-corrected chi connectivity index (χ2v) is 10.1. The highest BCUT2D eigenvalue weighted by molar-refractivity contribution is 6.46. The summed E-state index contributed by atoms with van der Waals surface area (Å²) in [6.45, 7) is 5.17. The van der Waals surface area contributed by atoms with E-state index in [1.807, 2.05) is 42.5 Å². The van der Waals surface area contributed by atoms with Crippen molar-refractivity contribution in [3.05, 3.63) is 125 Å². The number of hydrogen-bond acceptors (Lipinski definition) is 6. The molecule has 2 heterocycles. The van der Waals surface area contributed by atoms with Crippen molar-refractivity contribution in [2.75, 3.05) is 6.61 Å². The van der Waals surface area contributed by atoms with Gasteiger partial charge in [-0.2, -0.15) is 0 Å². The van der Waals surface area contributed by atoms with Gasteiger partial charge in [0, 0.05) is 5.56 Å². The molecule has 1 atom stereocenters. The summed E-state index contributed by atoms with van der Waals surface area (Å²) in [6.07, 6.45) is 1.52. The van der Waals surface area contributed by atoms with Gasteiger partial charge < -0.3 is 23.9 Å². The van der Waals surface area contributed by atoms with Crippen molar-refractivity contribution in [2.45, 2.75) is 33.0 Å². The third-order valence-corrected chi connectivity index (χ3v) is 6.60. The number of rotatable bonds is 10. The molecule has 1 aromatic heterocycles. The maximum absolute atomic E-state index is 13.3. The quantitative estimate of drug-likeness (QED) is 0.141. The first-order chi connectivity index (χ1) is 19.4. The molecule has 1 amide bonds. The van der Waals surface area contributed by atoms with Crippen molar-refractivity contribution in [1.82, 2.24) is 4.90 Å². The molecule has 40 heavy (non-hydrogen) atoms. The van der Waals surface area contributed by atoms with Gasteiger partial charge in [0.2, 0.25) is 0 Å². The van der Waals surface area contributed by atoms with Gasteiger partial charge >= 0.3 is 0 Å². The summed E-state index contributed by atoms with van der Waals surface area (Å²) in [7, 11) is 0. The van der Waals surface area contributed by atoms with Gasteiger partial charge in [0.25, 0.3) is 11.7 Å². The van der Waals surface area contributed by atoms with Gasteiger partial charge in [-0.15, -0.1) is 0 Å². The minimum atomic E-state index is -0.815. The highest BCUT2D eigenvalue weighted by atomic mass is 16.5. The number of amides is 1. The first-order valence-corrected chi connectivity index (χ1v) is 13.2. The topological polar surface area (TPSA) is 89.2 Å². The molecule has 5 rings (SSSR count). The standard InChI is InChI=1S/C33H31NO6/c1-22(2)20-39-26-16-12-25(13-17-26)31(35)29-30(34(33(37)32(29)36)19-28-9-6-18-38-28)24-10-14-27(15-11-24)40-21-23-7-4-3-5-8-23/h3-18,22,30,35H,19-21H2,1-2H3/b31-29-. The average Bonchev–Trinajstić information content (AvgIpc) is 3.58. The fraction of sp³-hybridized carbons (Fsp3) is 0.212. The van der Waals surface area contributed by atoms with Crippen LogP contribution in [0.25, 0.3) is 5.76 Å². The molecule has 0 bridgehead atoms. The minimum absolute atomic E-state index is 0.0189. The molecule has 7 nitrogen and oxygen atoms in total. The first kappa shape index (κ1) is 26.8. The number of ketones is 1. The van der Waals surface area contributed by atoms with Crippen molar-refractivity contribution in [3.8, 4) is 11.5 Å². The number of aliphatic hydroxyl groups excluding tert-OH is 1. The van der Waals surface area contributed by atoms with Crippen LogP contribution in [-0.4, -0.2) is 28.3 Å². The minimum Gasteiger partial charge on any atom is -0.507 e. The number of likely N-dealkylation sites (tertiary alicyclic amines) is 1. The van der Waals surface area contributed by atoms with Gasteiger partial charge in [-0.3, -0.25) is 9.59 Å². The molecule has 7 heteroatoms. The lowest BCUT2D eigenvalue weighted by Crippen LogP contribution is -2.29. The molecule has 1 aliphatic rings. The largest absolute Gasteiger partial charge is 0.507 e. The van der Waals surface area contributed by atoms with E-state index in [0.29, 0.717) is 47.5 Å². The molecule has 1 unspecified atom stereocenters. The molecule has 204 valence electrons. The van der Waals surface area contributed by atoms with Gasteiger partial charge in [-0.25, -0.2) is 0 Å². The molecule has 1 aliphatic heterocycles. The van der Waals surface area contributed by atoms with Crippen LogP contribution in [0.4, 0.5) is 0 Å². The van der Waals surface area contributed by atoms with Gasteiger partial charge in [0.15, 0.2) is 0 Å². The molecule has 1 N–H and O–H groups in total. The van der Waals surface area contributed by atoms with Gasteiger partial charge in [-0.05, 0) is 65.6 Å². The van der Waals surface area contributed by atoms with Crippen molar-refractivity contribution in [2.24, 2.45) is 5.92 Å². The lowest BCUT2D eigenvalue weighted by Gasteiger charge is -2.24. The Bertz CT molecular complexity index is 1470. The summed E-state index contributed by atoms with van der Waals surface area (Å²) < 4.78 is 17.1. The predicted molar refractivity (Wildman–Crippen MR) is 151 cm³/mol. The maximum Gasteiger partial charge on any atom is 0.296 e. The first-order valence-electron chi connectivity index (χ1n) is 13.2. The summed E-state index contributed by atoms with van der Waals surface area (Å²) in [5.41, 5.74) is 2.14. The Morgan fingerprint density at radius 3 is 2.20 bits per heavy atom. The van der Waals surface area contributed by atoms with Gasteiger partial charge in [-0.1, -0.05) is 56.3 Å². The maximum atomic E-state index is 13.3. The second-order valence-electron chi connectivity index (χ2n) is 10.1. The highest BCUT2D eigenvalue weighted by Gasteiger charge is 2.46. The van der Waals surface area contributed by atoms with E-state index in [2.05, 4.69) is 13.8 Å². The van der Waals surface area contributed by atoms with Crippen LogP contribution in [0.1, 0.15) is 42.3 Å². The highest BCUT2D eigenvalue weighted by Crippen LogP contribution is 2.41. The normalized spacial score (nSPS) is 16.5. The number of ether oxygens (including phenoxy) is 2. The molecule has 0 spiro atoms. The van der Waals surface area contributed by atoms with Crippen LogP contribution in [0.3, 0.4) is 0 Å². The summed E-state index contributed by atoms with van der Waals surface area (Å²) in [4.78, 5) is 28.0. The zero-order valence-electron chi connectivity index (χ0n) is 22.4. The van der Waals surface area contributed by atoms with Crippen molar-refractivity contribution < 1.29 is 28.6 Å². The van der Waals surface area contributed by atoms with E-state index in [9.17, 15) is 14.7 Å². The van der Waals surface area contributed by atoms with E-state index >= 15 is 0 Å². The number of benzene rings is 3. The zero-order valence-corrected chi connectivity index (χ0v) is 22.4. The Hall–Kier alpha value is -4.78. The van der Waals surface area contributed by atoms with Crippen LogP contribution in [-0.2, 0) is 22.7 Å². The Labute approximate surface area is 233 Å². The van der Waals surface area contributed by atoms with Gasteiger partial charge in [0.05, 0.1) is 31.0 Å². The van der Waals surface area contributed by atoms with E-state index in [4.69, 9.17) is 13.9 Å². The molecule has 0 aliphatic carbocycles. The van der Waals surface area contributed by atoms with E-state index in [0.717, 1.165) is 5.56 Å². The molecule has 0 saturated carbocycles. The molecule has 3 aromatic carbocycles. The molecule has 0 radical (unpaired) electrons. The number of carbonyl (C=O) groups excluding carboxylic acids is 2. The van der Waals surface area contributed by atoms with Crippen molar-refractivity contribution >= 4 is 17.4 Å². The van der Waals surface area contributed by atoms with Crippen molar-refractivity contribution in [3.63, 3.8) is 0 Å². The van der Waals surface area contributed by atoms with Crippen molar-refractivity contribution in [1.29, 1.82) is 0 Å². The molecule has 1 saturated heterocycles. The van der Waals surface area contributed by atoms with Crippen LogP contribution in [0.15, 0.2) is 107 Å². The lowest BCUT2D eigenvalue weighted by molar-refractivity contribution is -0.140. The third-order valence-electron chi connectivity index (χ3n) is 6.60. The summed E-state index contributed by atoms with van der Waals surface area (Å²) in [6, 6.07) is 26.5. The van der Waals surface area contributed by atoms with Crippen LogP contribution < -0.4 is 9.47 Å². The fourth-order valence-corrected chi connectivity index (χ4v) is 4.57. The van der Waals surface area contributed by atoms with Gasteiger partial charge in [0.1, 0.15) is 29.6 Å². The second kappa shape index (κ2) is 11.9. The smallest absolute Gasteiger partial charge is 0.296 e. The molecule has 4 aromatic rings. The van der Waals surface area contributed by atoms with E-state index in [1.54, 1.807) is 48.5 Å². The number of aliphatic hydroxyl groups is 1. The number of carbonyl (C=O) groups is 2. The Morgan fingerprint density at radius 2 is 1.55 bits per heavy atom. The lowest BCUT2D eigenvalue weighted by atomic mass is 9.95. The monoisotopic (exact) mass is 537 g/mol. The Kier molecular flexibility index (Phi) is 8.01. The SMILES string of the molecule is CC(C)COc1ccc(/C(O)=C2/C(=O)C(=O)N(Cc3ccco3)C2c2ccc(OCc3ccccc3)cc2)cc1. The fourth-order valence-electron chi connectivity index (χ4n) is 4.57. The Morgan fingerprint density at radius 1 is 0.875 bits per heavy atom. The molecular formula is C33H31NO6. The van der Waals surface area contributed by atoms with E-state index in [1.165, 1.54) is 11.2 Å².